The molecule has 0 aliphatic carbocycles. The van der Waals surface area contributed by atoms with E-state index in [-0.39, 0.29) is 11.3 Å². The van der Waals surface area contributed by atoms with Gasteiger partial charge in [-0.05, 0) is 26.8 Å². The monoisotopic (exact) mass is 184 g/mol. The Morgan fingerprint density at radius 3 is 2.62 bits per heavy atom. The highest BCUT2D eigenvalue weighted by Crippen LogP contribution is 2.12. The van der Waals surface area contributed by atoms with Crippen LogP contribution in [0.3, 0.4) is 0 Å². The summed E-state index contributed by atoms with van der Waals surface area (Å²) >= 11 is 0. The predicted octanol–water partition coefficient (Wildman–Crippen LogP) is 0.924. The Kier molecular flexibility index (Phi) is 5.39. The molecule has 0 atom stereocenters. The first kappa shape index (κ1) is 12.2. The third-order valence-electron chi connectivity index (χ3n) is 1.93. The fraction of sp³-hybridized carbons (Fsp3) is 0.700. The smallest absolute Gasteiger partial charge is 0.226 e. The molecule has 0 spiro atoms. The molecule has 1 amide bonds. The minimum absolute atomic E-state index is 0.0682. The van der Waals surface area contributed by atoms with Crippen molar-refractivity contribution in [3.8, 4) is 0 Å². The molecule has 0 saturated carbocycles. The highest BCUT2D eigenvalue weighted by molar-refractivity contribution is 5.81. The average Bonchev–Trinajstić information content (AvgIpc) is 2.11. The van der Waals surface area contributed by atoms with Crippen molar-refractivity contribution in [3.05, 3.63) is 12.7 Å². The molecule has 3 nitrogen and oxygen atoms in total. The second kappa shape index (κ2) is 5.75. The van der Waals surface area contributed by atoms with E-state index in [0.29, 0.717) is 6.54 Å². The first-order chi connectivity index (χ1) is 6.04. The zero-order valence-electron chi connectivity index (χ0n) is 8.81. The summed E-state index contributed by atoms with van der Waals surface area (Å²) in [6.07, 6.45) is 2.80. The third kappa shape index (κ3) is 4.68. The van der Waals surface area contributed by atoms with Crippen molar-refractivity contribution >= 4 is 5.91 Å². The highest BCUT2D eigenvalue weighted by atomic mass is 16.2. The summed E-state index contributed by atoms with van der Waals surface area (Å²) in [7, 11) is 1.66. The van der Waals surface area contributed by atoms with Gasteiger partial charge in [-0.1, -0.05) is 6.08 Å². The lowest BCUT2D eigenvalue weighted by atomic mass is 9.92. The van der Waals surface area contributed by atoms with E-state index in [4.69, 9.17) is 0 Å². The van der Waals surface area contributed by atoms with Crippen molar-refractivity contribution in [1.82, 2.24) is 10.6 Å². The van der Waals surface area contributed by atoms with Crippen LogP contribution in [0.25, 0.3) is 0 Å². The summed E-state index contributed by atoms with van der Waals surface area (Å²) in [5.41, 5.74) is -0.337. The van der Waals surface area contributed by atoms with E-state index in [1.54, 1.807) is 7.05 Å². The SMILES string of the molecule is C=CCCNCC(C)(C)C(=O)NC. The zero-order chi connectivity index (χ0) is 10.3. The topological polar surface area (TPSA) is 41.1 Å². The summed E-state index contributed by atoms with van der Waals surface area (Å²) < 4.78 is 0. The lowest BCUT2D eigenvalue weighted by Gasteiger charge is -2.22. The van der Waals surface area contributed by atoms with Crippen molar-refractivity contribution in [2.45, 2.75) is 20.3 Å². The molecule has 0 aromatic rings. The molecule has 3 heteroatoms. The molecule has 0 radical (unpaired) electrons. The van der Waals surface area contributed by atoms with Crippen molar-refractivity contribution < 1.29 is 4.79 Å². The Balaban J connectivity index is 3.75. The van der Waals surface area contributed by atoms with E-state index in [0.717, 1.165) is 13.0 Å². The molecule has 0 heterocycles. The minimum atomic E-state index is -0.337. The van der Waals surface area contributed by atoms with Gasteiger partial charge in [0.05, 0.1) is 5.41 Å². The summed E-state index contributed by atoms with van der Waals surface area (Å²) in [4.78, 5) is 11.3. The molecule has 76 valence electrons. The summed E-state index contributed by atoms with van der Waals surface area (Å²) in [5, 5.41) is 5.86. The molecule has 2 N–H and O–H groups in total. The molecule has 0 fully saturated rings. The van der Waals surface area contributed by atoms with E-state index >= 15 is 0 Å². The molecule has 0 unspecified atom stereocenters. The zero-order valence-corrected chi connectivity index (χ0v) is 8.81. The predicted molar refractivity (Wildman–Crippen MR) is 55.5 cm³/mol. The molecule has 13 heavy (non-hydrogen) atoms. The maximum atomic E-state index is 11.3. The van der Waals surface area contributed by atoms with Gasteiger partial charge in [-0.3, -0.25) is 4.79 Å². The van der Waals surface area contributed by atoms with Crippen LogP contribution in [-0.2, 0) is 4.79 Å². The number of carbonyl (C=O) groups is 1. The van der Waals surface area contributed by atoms with E-state index in [1.165, 1.54) is 0 Å². The number of amides is 1. The van der Waals surface area contributed by atoms with Crippen LogP contribution < -0.4 is 10.6 Å². The lowest BCUT2D eigenvalue weighted by Crippen LogP contribution is -2.42. The van der Waals surface area contributed by atoms with Crippen LogP contribution >= 0.6 is 0 Å². The molecular weight excluding hydrogens is 164 g/mol. The largest absolute Gasteiger partial charge is 0.359 e. The van der Waals surface area contributed by atoms with Gasteiger partial charge >= 0.3 is 0 Å². The van der Waals surface area contributed by atoms with Crippen LogP contribution in [0.15, 0.2) is 12.7 Å². The van der Waals surface area contributed by atoms with Gasteiger partial charge in [-0.25, -0.2) is 0 Å². The first-order valence-corrected chi connectivity index (χ1v) is 4.58. The maximum Gasteiger partial charge on any atom is 0.226 e. The van der Waals surface area contributed by atoms with Gasteiger partial charge in [0.15, 0.2) is 0 Å². The van der Waals surface area contributed by atoms with Gasteiger partial charge in [0.25, 0.3) is 0 Å². The summed E-state index contributed by atoms with van der Waals surface area (Å²) in [6, 6.07) is 0. The number of rotatable bonds is 6. The Morgan fingerprint density at radius 1 is 1.54 bits per heavy atom. The van der Waals surface area contributed by atoms with Gasteiger partial charge < -0.3 is 10.6 Å². The lowest BCUT2D eigenvalue weighted by molar-refractivity contribution is -0.128. The Labute approximate surface area is 80.6 Å². The van der Waals surface area contributed by atoms with Crippen molar-refractivity contribution in [2.24, 2.45) is 5.41 Å². The van der Waals surface area contributed by atoms with Crippen molar-refractivity contribution in [2.75, 3.05) is 20.1 Å². The summed E-state index contributed by atoms with van der Waals surface area (Å²) in [5.74, 6) is 0.0682. The highest BCUT2D eigenvalue weighted by Gasteiger charge is 2.25. The van der Waals surface area contributed by atoms with Crippen LogP contribution in [0.2, 0.25) is 0 Å². The fourth-order valence-corrected chi connectivity index (χ4v) is 1.02. The molecule has 0 aromatic heterocycles. The van der Waals surface area contributed by atoms with Gasteiger partial charge in [-0.15, -0.1) is 6.58 Å². The fourth-order valence-electron chi connectivity index (χ4n) is 1.02. The third-order valence-corrected chi connectivity index (χ3v) is 1.93. The van der Waals surface area contributed by atoms with Crippen molar-refractivity contribution in [1.29, 1.82) is 0 Å². The Morgan fingerprint density at radius 2 is 2.15 bits per heavy atom. The van der Waals surface area contributed by atoms with Crippen molar-refractivity contribution in [3.63, 3.8) is 0 Å². The number of hydrogen-bond donors (Lipinski definition) is 2. The normalized spacial score (nSPS) is 11.0. The quantitative estimate of drug-likeness (QED) is 0.476. The molecule has 0 saturated heterocycles. The molecule has 0 aliphatic heterocycles. The van der Waals surface area contributed by atoms with Gasteiger partial charge in [0.1, 0.15) is 0 Å². The Bertz CT molecular complexity index is 176. The van der Waals surface area contributed by atoms with Crippen LogP contribution in [0.4, 0.5) is 0 Å². The molecule has 0 bridgehead atoms. The second-order valence-electron chi connectivity index (χ2n) is 3.72. The molecule has 0 aliphatic rings. The standard InChI is InChI=1S/C10H20N2O/c1-5-6-7-12-8-10(2,3)9(13)11-4/h5,12H,1,6-8H2,2-4H3,(H,11,13). The van der Waals surface area contributed by atoms with Gasteiger partial charge in [-0.2, -0.15) is 0 Å². The average molecular weight is 184 g/mol. The molecule has 0 aromatic carbocycles. The Hall–Kier alpha value is -0.830. The van der Waals surface area contributed by atoms with Crippen LogP contribution in [0, 0.1) is 5.41 Å². The van der Waals surface area contributed by atoms with Crippen LogP contribution in [0.1, 0.15) is 20.3 Å². The molecular formula is C10H20N2O. The van der Waals surface area contributed by atoms with Crippen LogP contribution in [-0.4, -0.2) is 26.0 Å². The van der Waals surface area contributed by atoms with Gasteiger partial charge in [0, 0.05) is 13.6 Å². The van der Waals surface area contributed by atoms with Gasteiger partial charge in [0.2, 0.25) is 5.91 Å². The van der Waals surface area contributed by atoms with E-state index in [1.807, 2.05) is 19.9 Å². The minimum Gasteiger partial charge on any atom is -0.359 e. The second-order valence-corrected chi connectivity index (χ2v) is 3.72. The maximum absolute atomic E-state index is 11.3. The van der Waals surface area contributed by atoms with Crippen LogP contribution in [0.5, 0.6) is 0 Å². The van der Waals surface area contributed by atoms with E-state index in [9.17, 15) is 4.79 Å². The number of hydrogen-bond acceptors (Lipinski definition) is 2. The first-order valence-electron chi connectivity index (χ1n) is 4.58. The summed E-state index contributed by atoms with van der Waals surface area (Å²) in [6.45, 7) is 9.05. The molecule has 0 rings (SSSR count). The number of nitrogens with one attached hydrogen (secondary N) is 2. The number of carbonyl (C=O) groups excluding carboxylic acids is 1. The van der Waals surface area contributed by atoms with E-state index < -0.39 is 0 Å². The van der Waals surface area contributed by atoms with E-state index in [2.05, 4.69) is 17.2 Å².